The SMILES string of the molecule is COc1ccccc1N/C=C(/C#N)C(=O)NCCc1ccc(OC)c(OC)c1. The minimum absolute atomic E-state index is 0.0294. The highest BCUT2D eigenvalue weighted by molar-refractivity contribution is 5.97. The van der Waals surface area contributed by atoms with Crippen LogP contribution < -0.4 is 24.8 Å². The molecule has 0 atom stereocenters. The molecule has 2 aromatic carbocycles. The third-order valence-corrected chi connectivity index (χ3v) is 3.99. The van der Waals surface area contributed by atoms with Crippen molar-refractivity contribution >= 4 is 11.6 Å². The number of nitriles is 1. The number of rotatable bonds is 9. The number of amides is 1. The van der Waals surface area contributed by atoms with Gasteiger partial charge in [-0.2, -0.15) is 5.26 Å². The zero-order valence-electron chi connectivity index (χ0n) is 16.1. The van der Waals surface area contributed by atoms with Gasteiger partial charge in [-0.15, -0.1) is 0 Å². The minimum Gasteiger partial charge on any atom is -0.495 e. The Morgan fingerprint density at radius 2 is 1.75 bits per heavy atom. The molecule has 0 saturated heterocycles. The van der Waals surface area contributed by atoms with E-state index in [0.717, 1.165) is 5.56 Å². The number of benzene rings is 2. The number of methoxy groups -OCH3 is 3. The first-order valence-electron chi connectivity index (χ1n) is 8.61. The summed E-state index contributed by atoms with van der Waals surface area (Å²) in [6, 6.07) is 14.7. The van der Waals surface area contributed by atoms with Crippen molar-refractivity contribution in [1.82, 2.24) is 5.32 Å². The molecule has 0 saturated carbocycles. The number of carbonyl (C=O) groups is 1. The number of ether oxygens (including phenoxy) is 3. The van der Waals surface area contributed by atoms with Crippen LogP contribution in [0.15, 0.2) is 54.2 Å². The van der Waals surface area contributed by atoms with Gasteiger partial charge in [-0.3, -0.25) is 4.79 Å². The highest BCUT2D eigenvalue weighted by Gasteiger charge is 2.10. The molecule has 28 heavy (non-hydrogen) atoms. The predicted octanol–water partition coefficient (Wildman–Crippen LogP) is 2.89. The van der Waals surface area contributed by atoms with Gasteiger partial charge in [0.15, 0.2) is 11.5 Å². The monoisotopic (exact) mass is 381 g/mol. The van der Waals surface area contributed by atoms with Crippen LogP contribution in [0.3, 0.4) is 0 Å². The quantitative estimate of drug-likeness (QED) is 0.513. The van der Waals surface area contributed by atoms with Crippen molar-refractivity contribution in [2.75, 3.05) is 33.2 Å². The molecule has 0 fully saturated rings. The van der Waals surface area contributed by atoms with E-state index in [0.29, 0.717) is 35.9 Å². The Bertz CT molecular complexity index is 887. The van der Waals surface area contributed by atoms with Crippen molar-refractivity contribution in [3.05, 3.63) is 59.8 Å². The summed E-state index contributed by atoms with van der Waals surface area (Å²) in [5.41, 5.74) is 1.61. The van der Waals surface area contributed by atoms with Crippen LogP contribution in [0.5, 0.6) is 17.2 Å². The van der Waals surface area contributed by atoms with Crippen LogP contribution in [0.2, 0.25) is 0 Å². The lowest BCUT2D eigenvalue weighted by Crippen LogP contribution is -2.27. The van der Waals surface area contributed by atoms with E-state index in [1.165, 1.54) is 6.20 Å². The third kappa shape index (κ3) is 5.42. The van der Waals surface area contributed by atoms with Gasteiger partial charge >= 0.3 is 0 Å². The van der Waals surface area contributed by atoms with Crippen molar-refractivity contribution < 1.29 is 19.0 Å². The molecule has 0 aliphatic carbocycles. The van der Waals surface area contributed by atoms with E-state index in [2.05, 4.69) is 10.6 Å². The Kier molecular flexibility index (Phi) is 7.73. The van der Waals surface area contributed by atoms with Gasteiger partial charge in [-0.05, 0) is 36.2 Å². The fourth-order valence-electron chi connectivity index (χ4n) is 2.51. The Morgan fingerprint density at radius 3 is 2.43 bits per heavy atom. The lowest BCUT2D eigenvalue weighted by Gasteiger charge is -2.10. The molecule has 0 aromatic heterocycles. The van der Waals surface area contributed by atoms with E-state index in [1.807, 2.05) is 36.4 Å². The number of para-hydroxylation sites is 2. The van der Waals surface area contributed by atoms with Gasteiger partial charge in [0.25, 0.3) is 5.91 Å². The largest absolute Gasteiger partial charge is 0.495 e. The normalized spacial score (nSPS) is 10.6. The summed E-state index contributed by atoms with van der Waals surface area (Å²) < 4.78 is 15.7. The molecule has 7 nitrogen and oxygen atoms in total. The molecular weight excluding hydrogens is 358 g/mol. The zero-order valence-corrected chi connectivity index (χ0v) is 16.1. The van der Waals surface area contributed by atoms with Gasteiger partial charge in [-0.1, -0.05) is 18.2 Å². The van der Waals surface area contributed by atoms with Crippen LogP contribution in [0.4, 0.5) is 5.69 Å². The second-order valence-electron chi connectivity index (χ2n) is 5.71. The fourth-order valence-corrected chi connectivity index (χ4v) is 2.51. The van der Waals surface area contributed by atoms with E-state index in [1.54, 1.807) is 33.5 Å². The van der Waals surface area contributed by atoms with Gasteiger partial charge in [0.2, 0.25) is 0 Å². The van der Waals surface area contributed by atoms with Crippen LogP contribution in [0.1, 0.15) is 5.56 Å². The molecule has 2 N–H and O–H groups in total. The third-order valence-electron chi connectivity index (χ3n) is 3.99. The topological polar surface area (TPSA) is 92.6 Å². The van der Waals surface area contributed by atoms with E-state index < -0.39 is 5.91 Å². The van der Waals surface area contributed by atoms with E-state index in [-0.39, 0.29) is 5.57 Å². The number of nitrogens with zero attached hydrogens (tertiary/aromatic N) is 1. The summed E-state index contributed by atoms with van der Waals surface area (Å²) in [7, 11) is 4.70. The molecule has 0 heterocycles. The Hall–Kier alpha value is -3.66. The molecular formula is C21H23N3O4. The second-order valence-corrected chi connectivity index (χ2v) is 5.71. The summed E-state index contributed by atoms with van der Waals surface area (Å²) in [6.45, 7) is 0.377. The number of hydrogen-bond donors (Lipinski definition) is 2. The summed E-state index contributed by atoms with van der Waals surface area (Å²) in [5, 5.41) is 14.9. The standard InChI is InChI=1S/C21H23N3O4/c1-26-18-7-5-4-6-17(18)24-14-16(13-22)21(25)23-11-10-15-8-9-19(27-2)20(12-15)28-3/h4-9,12,14,24H,10-11H2,1-3H3,(H,23,25)/b16-14-. The van der Waals surface area contributed by atoms with Crippen LogP contribution >= 0.6 is 0 Å². The van der Waals surface area contributed by atoms with Crippen LogP contribution in [0.25, 0.3) is 0 Å². The summed E-state index contributed by atoms with van der Waals surface area (Å²) in [6.07, 6.45) is 1.95. The lowest BCUT2D eigenvalue weighted by atomic mass is 10.1. The molecule has 1 amide bonds. The average Bonchev–Trinajstić information content (AvgIpc) is 2.74. The molecule has 2 rings (SSSR count). The van der Waals surface area contributed by atoms with Crippen molar-refractivity contribution in [3.63, 3.8) is 0 Å². The van der Waals surface area contributed by atoms with Gasteiger partial charge in [0.05, 0.1) is 27.0 Å². The summed E-state index contributed by atoms with van der Waals surface area (Å²) in [4.78, 5) is 12.2. The van der Waals surface area contributed by atoms with E-state index in [9.17, 15) is 10.1 Å². The summed E-state index contributed by atoms with van der Waals surface area (Å²) in [5.74, 6) is 1.44. The Morgan fingerprint density at radius 1 is 1.04 bits per heavy atom. The van der Waals surface area contributed by atoms with Crippen molar-refractivity contribution in [2.24, 2.45) is 0 Å². The Labute approximate surface area is 164 Å². The Balaban J connectivity index is 1.94. The molecule has 2 aromatic rings. The highest BCUT2D eigenvalue weighted by Crippen LogP contribution is 2.27. The van der Waals surface area contributed by atoms with Crippen molar-refractivity contribution in [2.45, 2.75) is 6.42 Å². The molecule has 7 heteroatoms. The van der Waals surface area contributed by atoms with Crippen LogP contribution in [0, 0.1) is 11.3 Å². The van der Waals surface area contributed by atoms with Crippen LogP contribution in [-0.2, 0) is 11.2 Å². The first-order chi connectivity index (χ1) is 13.6. The van der Waals surface area contributed by atoms with Crippen molar-refractivity contribution in [1.29, 1.82) is 5.26 Å². The van der Waals surface area contributed by atoms with Gasteiger partial charge < -0.3 is 24.8 Å². The lowest BCUT2D eigenvalue weighted by molar-refractivity contribution is -0.117. The molecule has 0 spiro atoms. The molecule has 0 unspecified atom stereocenters. The van der Waals surface area contributed by atoms with Gasteiger partial charge in [-0.25, -0.2) is 0 Å². The highest BCUT2D eigenvalue weighted by atomic mass is 16.5. The molecule has 0 aliphatic rings. The average molecular weight is 381 g/mol. The van der Waals surface area contributed by atoms with Crippen LogP contribution in [-0.4, -0.2) is 33.8 Å². The molecule has 146 valence electrons. The number of anilines is 1. The van der Waals surface area contributed by atoms with E-state index >= 15 is 0 Å². The maximum absolute atomic E-state index is 12.2. The number of hydrogen-bond acceptors (Lipinski definition) is 6. The van der Waals surface area contributed by atoms with Gasteiger partial charge in [0, 0.05) is 12.7 Å². The minimum atomic E-state index is -0.453. The predicted molar refractivity (Wildman–Crippen MR) is 107 cm³/mol. The maximum atomic E-state index is 12.2. The van der Waals surface area contributed by atoms with E-state index in [4.69, 9.17) is 14.2 Å². The zero-order chi connectivity index (χ0) is 20.4. The first-order valence-corrected chi connectivity index (χ1v) is 8.61. The number of carbonyl (C=O) groups excluding carboxylic acids is 1. The van der Waals surface area contributed by atoms with Crippen molar-refractivity contribution in [3.8, 4) is 23.3 Å². The maximum Gasteiger partial charge on any atom is 0.263 e. The van der Waals surface area contributed by atoms with Gasteiger partial charge in [0.1, 0.15) is 17.4 Å². The fraction of sp³-hybridized carbons (Fsp3) is 0.238. The molecule has 0 radical (unpaired) electrons. The first kappa shape index (κ1) is 20.6. The second kappa shape index (κ2) is 10.5. The molecule has 0 aliphatic heterocycles. The summed E-state index contributed by atoms with van der Waals surface area (Å²) >= 11 is 0. The smallest absolute Gasteiger partial charge is 0.263 e. The number of nitrogens with one attached hydrogen (secondary N) is 2. The molecule has 0 bridgehead atoms.